The van der Waals surface area contributed by atoms with E-state index in [2.05, 4.69) is 25.9 Å². The van der Waals surface area contributed by atoms with Crippen LogP contribution in [0.25, 0.3) is 0 Å². The van der Waals surface area contributed by atoms with Crippen LogP contribution < -0.4 is 44.6 Å². The second-order valence-electron chi connectivity index (χ2n) is 9.27. The van der Waals surface area contributed by atoms with Crippen molar-refractivity contribution >= 4 is 41.6 Å². The van der Waals surface area contributed by atoms with Crippen molar-refractivity contribution in [3.8, 4) is 0 Å². The molecule has 0 aliphatic rings. The highest BCUT2D eigenvalue weighted by atomic mass is 16.4. The van der Waals surface area contributed by atoms with E-state index in [0.717, 1.165) is 0 Å². The first-order valence-corrected chi connectivity index (χ1v) is 12.9. The van der Waals surface area contributed by atoms with E-state index in [0.29, 0.717) is 12.8 Å². The van der Waals surface area contributed by atoms with Crippen LogP contribution in [0.15, 0.2) is 9.98 Å². The molecule has 0 aliphatic carbocycles. The van der Waals surface area contributed by atoms with E-state index in [9.17, 15) is 29.1 Å². The maximum absolute atomic E-state index is 13.1. The third-order valence-corrected chi connectivity index (χ3v) is 5.94. The Morgan fingerprint density at radius 3 is 1.70 bits per heavy atom. The number of nitrogens with zero attached hydrogens (tertiary/aromatic N) is 2. The molecule has 17 nitrogen and oxygen atoms in total. The molecule has 5 unspecified atom stereocenters. The smallest absolute Gasteiger partial charge is 0.326 e. The van der Waals surface area contributed by atoms with Crippen molar-refractivity contribution in [2.24, 2.45) is 44.6 Å². The first-order chi connectivity index (χ1) is 18.7. The number of nitrogens with one attached hydrogen (secondary N) is 3. The normalized spacial score (nSPS) is 14.4. The van der Waals surface area contributed by atoms with Crippen LogP contribution in [-0.2, 0) is 24.0 Å². The number of carbonyl (C=O) groups excluding carboxylic acids is 3. The van der Waals surface area contributed by atoms with Crippen LogP contribution in [0.2, 0.25) is 0 Å². The van der Waals surface area contributed by atoms with E-state index in [1.54, 1.807) is 13.8 Å². The SMILES string of the molecule is CCC(C)C(NC(=O)C(CCCN=C(N)N)NC(=O)C(CCC(=O)O)NC(=O)C(N)CCCN=C(N)N)C(=O)O. The van der Waals surface area contributed by atoms with Gasteiger partial charge in [0.25, 0.3) is 0 Å². The minimum absolute atomic E-state index is 0.0189. The Labute approximate surface area is 232 Å². The standard InChI is InChI=1S/C23H44N10O7/c1-3-12(2)17(21(39)40)33-20(38)14(7-5-11-30-23(27)28)32-19(37)15(8-9-16(34)35)31-18(36)13(24)6-4-10-29-22(25)26/h12-15,17H,3-11,24H2,1-2H3,(H,31,36)(H,32,37)(H,33,38)(H,34,35)(H,39,40)(H4,25,26,29)(H4,27,28,30). The van der Waals surface area contributed by atoms with Crippen molar-refractivity contribution in [3.63, 3.8) is 0 Å². The van der Waals surface area contributed by atoms with Gasteiger partial charge in [0.15, 0.2) is 11.9 Å². The summed E-state index contributed by atoms with van der Waals surface area (Å²) in [7, 11) is 0. The van der Waals surface area contributed by atoms with Gasteiger partial charge in [0.2, 0.25) is 17.7 Å². The summed E-state index contributed by atoms with van der Waals surface area (Å²) in [6.45, 7) is 3.78. The van der Waals surface area contributed by atoms with Gasteiger partial charge in [-0.15, -0.1) is 0 Å². The lowest BCUT2D eigenvalue weighted by atomic mass is 9.98. The molecule has 0 spiro atoms. The van der Waals surface area contributed by atoms with Crippen LogP contribution in [0.1, 0.15) is 58.8 Å². The highest BCUT2D eigenvalue weighted by molar-refractivity contribution is 5.94. The molecule has 15 N–H and O–H groups in total. The molecule has 17 heteroatoms. The summed E-state index contributed by atoms with van der Waals surface area (Å²) in [5.41, 5.74) is 27.0. The van der Waals surface area contributed by atoms with Gasteiger partial charge in [0, 0.05) is 19.5 Å². The number of carbonyl (C=O) groups is 5. The average molecular weight is 573 g/mol. The first kappa shape index (κ1) is 35.9. The van der Waals surface area contributed by atoms with E-state index < -0.39 is 66.2 Å². The van der Waals surface area contributed by atoms with Crippen molar-refractivity contribution in [3.05, 3.63) is 0 Å². The monoisotopic (exact) mass is 572 g/mol. The van der Waals surface area contributed by atoms with Gasteiger partial charge >= 0.3 is 11.9 Å². The molecule has 0 fully saturated rings. The van der Waals surface area contributed by atoms with Gasteiger partial charge in [-0.25, -0.2) is 4.79 Å². The fourth-order valence-electron chi connectivity index (χ4n) is 3.45. The number of hydrogen-bond donors (Lipinski definition) is 10. The van der Waals surface area contributed by atoms with Gasteiger partial charge in [-0.3, -0.25) is 29.2 Å². The van der Waals surface area contributed by atoms with Crippen molar-refractivity contribution < 1.29 is 34.2 Å². The Balaban J connectivity index is 5.68. The zero-order valence-electron chi connectivity index (χ0n) is 23.0. The number of carboxylic acid groups (broad SMARTS) is 2. The van der Waals surface area contributed by atoms with Crippen LogP contribution in [0, 0.1) is 5.92 Å². The summed E-state index contributed by atoms with van der Waals surface area (Å²) in [4.78, 5) is 69.3. The van der Waals surface area contributed by atoms with Crippen molar-refractivity contribution in [2.45, 2.75) is 83.0 Å². The number of aliphatic carboxylic acids is 2. The predicted molar refractivity (Wildman–Crippen MR) is 148 cm³/mol. The number of carboxylic acids is 2. The summed E-state index contributed by atoms with van der Waals surface area (Å²) in [5, 5.41) is 26.0. The summed E-state index contributed by atoms with van der Waals surface area (Å²) in [6, 6.07) is -4.83. The van der Waals surface area contributed by atoms with Crippen molar-refractivity contribution in [1.82, 2.24) is 16.0 Å². The quantitative estimate of drug-likeness (QED) is 0.0393. The Hall–Kier alpha value is -4.15. The maximum Gasteiger partial charge on any atom is 0.326 e. The fraction of sp³-hybridized carbons (Fsp3) is 0.696. The number of aliphatic imine (C=N–C) groups is 2. The molecule has 3 amide bonds. The van der Waals surface area contributed by atoms with Crippen LogP contribution >= 0.6 is 0 Å². The van der Waals surface area contributed by atoms with E-state index in [1.165, 1.54) is 0 Å². The average Bonchev–Trinajstić information content (AvgIpc) is 2.87. The molecule has 5 atom stereocenters. The molecule has 0 saturated carbocycles. The van der Waals surface area contributed by atoms with E-state index >= 15 is 0 Å². The molecular weight excluding hydrogens is 528 g/mol. The molecule has 0 aliphatic heterocycles. The zero-order chi connectivity index (χ0) is 30.8. The molecule has 0 heterocycles. The molecule has 228 valence electrons. The highest BCUT2D eigenvalue weighted by Crippen LogP contribution is 2.10. The van der Waals surface area contributed by atoms with Gasteiger partial charge in [-0.1, -0.05) is 20.3 Å². The van der Waals surface area contributed by atoms with E-state index in [4.69, 9.17) is 33.8 Å². The van der Waals surface area contributed by atoms with Gasteiger partial charge in [-0.05, 0) is 38.0 Å². The van der Waals surface area contributed by atoms with Gasteiger partial charge in [0.05, 0.1) is 6.04 Å². The number of rotatable bonds is 20. The molecule has 0 bridgehead atoms. The third-order valence-electron chi connectivity index (χ3n) is 5.94. The summed E-state index contributed by atoms with van der Waals surface area (Å²) >= 11 is 0. The molecule has 0 saturated heterocycles. The van der Waals surface area contributed by atoms with Gasteiger partial charge < -0.3 is 54.8 Å². The Morgan fingerprint density at radius 2 is 1.23 bits per heavy atom. The highest BCUT2D eigenvalue weighted by Gasteiger charge is 2.32. The summed E-state index contributed by atoms with van der Waals surface area (Å²) in [5.74, 6) is -5.47. The van der Waals surface area contributed by atoms with Gasteiger partial charge in [0.1, 0.15) is 18.1 Å². The lowest BCUT2D eigenvalue weighted by Crippen LogP contribution is -2.57. The van der Waals surface area contributed by atoms with E-state index in [1.807, 2.05) is 0 Å². The maximum atomic E-state index is 13.1. The summed E-state index contributed by atoms with van der Waals surface area (Å²) in [6.07, 6.45) is 0.522. The molecule has 0 radical (unpaired) electrons. The Kier molecular flexibility index (Phi) is 17.0. The summed E-state index contributed by atoms with van der Waals surface area (Å²) < 4.78 is 0. The van der Waals surface area contributed by atoms with Crippen molar-refractivity contribution in [1.29, 1.82) is 0 Å². The molecule has 0 aromatic heterocycles. The largest absolute Gasteiger partial charge is 0.481 e. The number of amides is 3. The number of guanidine groups is 2. The fourth-order valence-corrected chi connectivity index (χ4v) is 3.45. The minimum atomic E-state index is -1.34. The lowest BCUT2D eigenvalue weighted by molar-refractivity contribution is -0.144. The first-order valence-electron chi connectivity index (χ1n) is 12.9. The number of nitrogens with two attached hydrogens (primary N) is 5. The second kappa shape index (κ2) is 19.0. The molecule has 40 heavy (non-hydrogen) atoms. The van der Waals surface area contributed by atoms with E-state index in [-0.39, 0.29) is 50.7 Å². The predicted octanol–water partition coefficient (Wildman–Crippen LogP) is -3.13. The lowest BCUT2D eigenvalue weighted by Gasteiger charge is -2.26. The number of hydrogen-bond acceptors (Lipinski definition) is 8. The third kappa shape index (κ3) is 15.3. The Morgan fingerprint density at radius 1 is 0.750 bits per heavy atom. The van der Waals surface area contributed by atoms with Crippen LogP contribution in [0.4, 0.5) is 0 Å². The van der Waals surface area contributed by atoms with Crippen LogP contribution in [-0.4, -0.2) is 89.0 Å². The zero-order valence-corrected chi connectivity index (χ0v) is 23.0. The second-order valence-corrected chi connectivity index (χ2v) is 9.27. The van der Waals surface area contributed by atoms with Crippen molar-refractivity contribution in [2.75, 3.05) is 13.1 Å². The molecule has 0 aromatic carbocycles. The molecule has 0 aromatic rings. The van der Waals surface area contributed by atoms with Gasteiger partial charge in [-0.2, -0.15) is 0 Å². The topological polar surface area (TPSA) is 317 Å². The Bertz CT molecular complexity index is 920. The van der Waals surface area contributed by atoms with Crippen LogP contribution in [0.3, 0.4) is 0 Å². The molecule has 0 rings (SSSR count). The minimum Gasteiger partial charge on any atom is -0.481 e. The van der Waals surface area contributed by atoms with Crippen LogP contribution in [0.5, 0.6) is 0 Å². The molecular formula is C23H44N10O7.